The van der Waals surface area contributed by atoms with Crippen LogP contribution in [0.3, 0.4) is 0 Å². The predicted octanol–water partition coefficient (Wildman–Crippen LogP) is 0.450. The third-order valence-corrected chi connectivity index (χ3v) is 1.34. The molecule has 0 heterocycles. The summed E-state index contributed by atoms with van der Waals surface area (Å²) in [5, 5.41) is 1.90. The summed E-state index contributed by atoms with van der Waals surface area (Å²) in [5.41, 5.74) is 0. The molecule has 0 aromatic rings. The highest BCUT2D eigenvalue weighted by Crippen LogP contribution is 1.88. The van der Waals surface area contributed by atoms with Crippen LogP contribution < -0.4 is 10.0 Å². The normalized spacial score (nSPS) is 9.27. The molecule has 0 fully saturated rings. The minimum absolute atomic E-state index is 0.0101. The van der Waals surface area contributed by atoms with Crippen LogP contribution in [-0.2, 0) is 4.79 Å². The van der Waals surface area contributed by atoms with Crippen molar-refractivity contribution in [1.82, 2.24) is 10.0 Å². The van der Waals surface area contributed by atoms with Crippen LogP contribution in [0.15, 0.2) is 0 Å². The fourth-order valence-electron chi connectivity index (χ4n) is 0.297. The third kappa shape index (κ3) is 9.38. The molecule has 1 amide bonds. The molecule has 0 bridgehead atoms. The van der Waals surface area contributed by atoms with Crippen LogP contribution in [0.4, 0.5) is 9.18 Å². The van der Waals surface area contributed by atoms with Crippen LogP contribution in [0.25, 0.3) is 0 Å². The van der Waals surface area contributed by atoms with E-state index in [0.29, 0.717) is 0 Å². The van der Waals surface area contributed by atoms with Gasteiger partial charge in [-0.3, -0.25) is 9.52 Å². The highest BCUT2D eigenvalue weighted by atomic mass is 32.2. The second-order valence-electron chi connectivity index (χ2n) is 1.76. The first-order valence-corrected chi connectivity index (χ1v) is 3.89. The molecule has 11 heavy (non-hydrogen) atoms. The smallest absolute Gasteiger partial charge is 0.318 e. The van der Waals surface area contributed by atoms with Gasteiger partial charge in [-0.1, -0.05) is 11.9 Å². The molecule has 0 aromatic carbocycles. The zero-order valence-electron chi connectivity index (χ0n) is 6.02. The zero-order valence-corrected chi connectivity index (χ0v) is 6.83. The quantitative estimate of drug-likeness (QED) is 0.212. The Morgan fingerprint density at radius 2 is 2.18 bits per heavy atom. The number of nitrogens with one attached hydrogen (secondary N) is 2. The highest BCUT2D eigenvalue weighted by Gasteiger charge is 1.95. The van der Waals surface area contributed by atoms with Crippen molar-refractivity contribution in [3.05, 3.63) is 0 Å². The molecule has 2 N–H and O–H groups in total. The number of rotatable bonds is 5. The van der Waals surface area contributed by atoms with E-state index in [0.717, 1.165) is 11.9 Å². The Morgan fingerprint density at radius 3 is 2.64 bits per heavy atom. The molecular formula is C5H9FN2O2S. The van der Waals surface area contributed by atoms with Crippen LogP contribution in [0.5, 0.6) is 0 Å². The lowest BCUT2D eigenvalue weighted by molar-refractivity contribution is -0.115. The second-order valence-corrected chi connectivity index (χ2v) is 2.63. The van der Waals surface area contributed by atoms with Gasteiger partial charge in [0.15, 0.2) is 0 Å². The molecule has 0 unspecified atom stereocenters. The summed E-state index contributed by atoms with van der Waals surface area (Å²) in [4.78, 5) is 20.0. The van der Waals surface area contributed by atoms with E-state index in [2.05, 4.69) is 4.72 Å². The lowest BCUT2D eigenvalue weighted by atomic mass is 10.5. The van der Waals surface area contributed by atoms with Gasteiger partial charge in [-0.05, 0) is 6.92 Å². The van der Waals surface area contributed by atoms with Gasteiger partial charge in [0, 0.05) is 0 Å². The lowest BCUT2D eigenvalue weighted by Crippen LogP contribution is -2.21. The number of carbonyl (C=O) groups excluding carboxylic acids is 2. The van der Waals surface area contributed by atoms with Crippen LogP contribution >= 0.6 is 11.9 Å². The molecule has 0 aromatic heterocycles. The maximum atomic E-state index is 11.4. The van der Waals surface area contributed by atoms with Crippen molar-refractivity contribution >= 4 is 23.9 Å². The lowest BCUT2D eigenvalue weighted by Gasteiger charge is -1.99. The first-order valence-electron chi connectivity index (χ1n) is 2.90. The summed E-state index contributed by atoms with van der Waals surface area (Å²) in [6.45, 7) is 1.65. The van der Waals surface area contributed by atoms with Crippen molar-refractivity contribution in [3.8, 4) is 0 Å². The summed E-state index contributed by atoms with van der Waals surface area (Å²) in [6.07, 6.45) is -1.57. The molecular weight excluding hydrogens is 171 g/mol. The largest absolute Gasteiger partial charge is 0.398 e. The summed E-state index contributed by atoms with van der Waals surface area (Å²) in [7, 11) is 0. The van der Waals surface area contributed by atoms with E-state index in [4.69, 9.17) is 0 Å². The molecule has 0 aliphatic rings. The van der Waals surface area contributed by atoms with E-state index in [1.165, 1.54) is 6.92 Å². The van der Waals surface area contributed by atoms with Crippen LogP contribution in [0.2, 0.25) is 0 Å². The van der Waals surface area contributed by atoms with Gasteiger partial charge in [-0.2, -0.15) is 0 Å². The van der Waals surface area contributed by atoms with Crippen molar-refractivity contribution in [1.29, 1.82) is 0 Å². The third-order valence-electron chi connectivity index (χ3n) is 0.706. The Balaban J connectivity index is 3.03. The van der Waals surface area contributed by atoms with E-state index in [1.54, 1.807) is 0 Å². The van der Waals surface area contributed by atoms with E-state index >= 15 is 0 Å². The van der Waals surface area contributed by atoms with Crippen molar-refractivity contribution in [2.24, 2.45) is 0 Å². The van der Waals surface area contributed by atoms with E-state index < -0.39 is 6.16 Å². The Kier molecular flexibility index (Phi) is 5.77. The Bertz CT molecular complexity index is 137. The molecule has 64 valence electrons. The Hall–Kier alpha value is -0.620. The molecule has 0 rings (SSSR count). The molecule has 0 saturated heterocycles. The molecule has 4 nitrogen and oxygen atoms in total. The monoisotopic (exact) mass is 180 g/mol. The Labute approximate surface area is 68.0 Å². The van der Waals surface area contributed by atoms with Gasteiger partial charge in [0.1, 0.15) is 5.78 Å². The second kappa shape index (κ2) is 6.11. The molecule has 0 aliphatic heterocycles. The first-order chi connectivity index (χ1) is 5.13. The van der Waals surface area contributed by atoms with Gasteiger partial charge >= 0.3 is 6.16 Å². The van der Waals surface area contributed by atoms with Gasteiger partial charge in [0.05, 0.1) is 12.4 Å². The van der Waals surface area contributed by atoms with Gasteiger partial charge in [-0.15, -0.1) is 4.39 Å². The average molecular weight is 180 g/mol. The topological polar surface area (TPSA) is 58.2 Å². The number of hydrogen-bond acceptors (Lipinski definition) is 4. The molecule has 0 aliphatic carbocycles. The van der Waals surface area contributed by atoms with Crippen LogP contribution in [-0.4, -0.2) is 24.4 Å². The first kappa shape index (κ1) is 10.4. The van der Waals surface area contributed by atoms with Crippen LogP contribution in [0, 0.1) is 0 Å². The fraction of sp³-hybridized carbons (Fsp3) is 0.600. The molecule has 0 saturated carbocycles. The van der Waals surface area contributed by atoms with Crippen LogP contribution in [0.1, 0.15) is 6.92 Å². The highest BCUT2D eigenvalue weighted by molar-refractivity contribution is 7.97. The minimum atomic E-state index is -1.57. The maximum absolute atomic E-state index is 11.4. The van der Waals surface area contributed by atoms with Crippen molar-refractivity contribution in [3.63, 3.8) is 0 Å². The average Bonchev–Trinajstić information content (AvgIpc) is 1.85. The number of carbonyl (C=O) groups is 2. The van der Waals surface area contributed by atoms with E-state index in [9.17, 15) is 14.0 Å². The number of Topliss-reactive ketones (excluding diaryl/α,β-unsaturated/α-hetero) is 1. The SMILES string of the molecule is CC(=O)CNSCNC(=O)F. The van der Waals surface area contributed by atoms with Gasteiger partial charge in [-0.25, -0.2) is 4.79 Å². The standard InChI is InChI=1S/C5H9FN2O2S/c1-4(9)2-8-11-3-7-5(6)10/h8H,2-3H2,1H3,(H,7,10). The number of amides is 1. The summed E-state index contributed by atoms with van der Waals surface area (Å²) in [5.74, 6) is 0.104. The fourth-order valence-corrected chi connectivity index (χ4v) is 0.890. The number of ketones is 1. The van der Waals surface area contributed by atoms with Gasteiger partial charge in [0.25, 0.3) is 0 Å². The molecule has 0 radical (unpaired) electrons. The van der Waals surface area contributed by atoms with E-state index in [1.807, 2.05) is 5.32 Å². The molecule has 0 atom stereocenters. The van der Waals surface area contributed by atoms with Crippen molar-refractivity contribution < 1.29 is 14.0 Å². The number of hydrogen-bond donors (Lipinski definition) is 2. The molecule has 0 spiro atoms. The zero-order chi connectivity index (χ0) is 8.69. The van der Waals surface area contributed by atoms with Crippen molar-refractivity contribution in [2.45, 2.75) is 6.92 Å². The summed E-state index contributed by atoms with van der Waals surface area (Å²) < 4.78 is 14.1. The summed E-state index contributed by atoms with van der Waals surface area (Å²) >= 11 is 1.07. The molecule has 6 heteroatoms. The Morgan fingerprint density at radius 1 is 1.55 bits per heavy atom. The van der Waals surface area contributed by atoms with Gasteiger partial charge < -0.3 is 5.32 Å². The summed E-state index contributed by atoms with van der Waals surface area (Å²) in [6, 6.07) is 0. The number of halogens is 1. The maximum Gasteiger partial charge on any atom is 0.398 e. The van der Waals surface area contributed by atoms with E-state index in [-0.39, 0.29) is 18.2 Å². The van der Waals surface area contributed by atoms with Crippen molar-refractivity contribution in [2.75, 3.05) is 12.4 Å². The minimum Gasteiger partial charge on any atom is -0.318 e. The predicted molar refractivity (Wildman–Crippen MR) is 40.8 cm³/mol. The van der Waals surface area contributed by atoms with Gasteiger partial charge in [0.2, 0.25) is 0 Å².